The molecule has 0 bridgehead atoms. The van der Waals surface area contributed by atoms with Crippen LogP contribution in [0.4, 0.5) is 11.4 Å². The number of ether oxygens (including phenoxy) is 2. The van der Waals surface area contributed by atoms with Crippen molar-refractivity contribution in [1.29, 1.82) is 0 Å². The average Bonchev–Trinajstić information content (AvgIpc) is 3.18. The van der Waals surface area contributed by atoms with Crippen LogP contribution in [-0.4, -0.2) is 44.5 Å². The maximum atomic E-state index is 12.3. The van der Waals surface area contributed by atoms with Crippen LogP contribution in [0.5, 0.6) is 11.5 Å². The number of amides is 3. The van der Waals surface area contributed by atoms with E-state index < -0.39 is 0 Å². The molecule has 1 aliphatic heterocycles. The number of hydrogen-bond donors (Lipinski definition) is 2. The topological polar surface area (TPSA) is 97.0 Å². The van der Waals surface area contributed by atoms with Gasteiger partial charge in [-0.1, -0.05) is 6.08 Å². The molecule has 0 spiro atoms. The molecule has 1 atom stereocenters. The third kappa shape index (κ3) is 5.85. The SMILES string of the molecule is C=CCNC(=O)[C@@H]1CC(=O)N(c2ccc(OCC(=O)Nc3ccc(OC)cc3)cc2)C1. The van der Waals surface area contributed by atoms with Crippen LogP contribution in [0.25, 0.3) is 0 Å². The summed E-state index contributed by atoms with van der Waals surface area (Å²) in [7, 11) is 1.58. The van der Waals surface area contributed by atoms with Gasteiger partial charge in [-0.3, -0.25) is 14.4 Å². The van der Waals surface area contributed by atoms with E-state index in [1.54, 1.807) is 66.6 Å². The van der Waals surface area contributed by atoms with Gasteiger partial charge in [-0.15, -0.1) is 6.58 Å². The summed E-state index contributed by atoms with van der Waals surface area (Å²) < 4.78 is 10.6. The van der Waals surface area contributed by atoms with Gasteiger partial charge in [-0.25, -0.2) is 0 Å². The van der Waals surface area contributed by atoms with E-state index >= 15 is 0 Å². The zero-order valence-corrected chi connectivity index (χ0v) is 17.3. The third-order valence-corrected chi connectivity index (χ3v) is 4.81. The molecule has 1 fully saturated rings. The van der Waals surface area contributed by atoms with Crippen LogP contribution >= 0.6 is 0 Å². The fourth-order valence-electron chi connectivity index (χ4n) is 3.19. The first kappa shape index (κ1) is 21.9. The molecular weight excluding hydrogens is 398 g/mol. The van der Waals surface area contributed by atoms with E-state index in [1.165, 1.54) is 0 Å². The molecule has 1 heterocycles. The van der Waals surface area contributed by atoms with Crippen molar-refractivity contribution in [2.45, 2.75) is 6.42 Å². The fraction of sp³-hybridized carbons (Fsp3) is 0.261. The molecule has 0 saturated carbocycles. The van der Waals surface area contributed by atoms with E-state index in [2.05, 4.69) is 17.2 Å². The summed E-state index contributed by atoms with van der Waals surface area (Å²) in [4.78, 5) is 38.1. The standard InChI is InChI=1S/C23H25N3O5/c1-3-12-24-23(29)16-13-22(28)26(14-16)18-6-10-20(11-7-18)31-15-21(27)25-17-4-8-19(30-2)9-5-17/h3-11,16H,1,12-15H2,2H3,(H,24,29)(H,25,27)/t16-/m1/s1. The molecule has 0 unspecified atom stereocenters. The minimum absolute atomic E-state index is 0.105. The van der Waals surface area contributed by atoms with Gasteiger partial charge in [-0.2, -0.15) is 0 Å². The summed E-state index contributed by atoms with van der Waals surface area (Å²) in [6.07, 6.45) is 1.77. The highest BCUT2D eigenvalue weighted by atomic mass is 16.5. The Labute approximate surface area is 180 Å². The number of carbonyl (C=O) groups excluding carboxylic acids is 3. The molecule has 1 aliphatic rings. The van der Waals surface area contributed by atoms with Crippen molar-refractivity contribution < 1.29 is 23.9 Å². The maximum absolute atomic E-state index is 12.3. The van der Waals surface area contributed by atoms with Crippen LogP contribution in [0.2, 0.25) is 0 Å². The van der Waals surface area contributed by atoms with Crippen molar-refractivity contribution in [3.8, 4) is 11.5 Å². The Bertz CT molecular complexity index is 941. The predicted molar refractivity (Wildman–Crippen MR) is 117 cm³/mol. The number of carbonyl (C=O) groups is 3. The van der Waals surface area contributed by atoms with Crippen molar-refractivity contribution in [2.24, 2.45) is 5.92 Å². The Morgan fingerprint density at radius 2 is 1.81 bits per heavy atom. The second-order valence-electron chi connectivity index (χ2n) is 7.00. The molecule has 2 aromatic carbocycles. The van der Waals surface area contributed by atoms with Crippen molar-refractivity contribution in [2.75, 3.05) is 37.0 Å². The van der Waals surface area contributed by atoms with E-state index in [0.717, 1.165) is 0 Å². The lowest BCUT2D eigenvalue weighted by atomic mass is 10.1. The second kappa shape index (κ2) is 10.3. The lowest BCUT2D eigenvalue weighted by molar-refractivity contribution is -0.126. The molecule has 1 saturated heterocycles. The van der Waals surface area contributed by atoms with Crippen molar-refractivity contribution in [3.63, 3.8) is 0 Å². The Balaban J connectivity index is 1.50. The van der Waals surface area contributed by atoms with E-state index in [-0.39, 0.29) is 36.7 Å². The first-order chi connectivity index (χ1) is 15.0. The summed E-state index contributed by atoms with van der Waals surface area (Å²) in [5, 5.41) is 5.47. The van der Waals surface area contributed by atoms with Crippen molar-refractivity contribution in [3.05, 3.63) is 61.2 Å². The van der Waals surface area contributed by atoms with Gasteiger partial charge < -0.3 is 25.0 Å². The Kier molecular flexibility index (Phi) is 7.26. The van der Waals surface area contributed by atoms with E-state index in [4.69, 9.17) is 9.47 Å². The molecule has 0 aliphatic carbocycles. The lowest BCUT2D eigenvalue weighted by Crippen LogP contribution is -2.32. The first-order valence-corrected chi connectivity index (χ1v) is 9.86. The number of hydrogen-bond acceptors (Lipinski definition) is 5. The van der Waals surface area contributed by atoms with Crippen LogP contribution in [0.1, 0.15) is 6.42 Å². The summed E-state index contributed by atoms with van der Waals surface area (Å²) in [5.74, 6) is 0.266. The molecule has 2 N–H and O–H groups in total. The van der Waals surface area contributed by atoms with Crippen LogP contribution < -0.4 is 25.0 Å². The molecule has 8 nitrogen and oxygen atoms in total. The van der Waals surface area contributed by atoms with E-state index in [0.29, 0.717) is 36.0 Å². The Hall–Kier alpha value is -3.81. The quantitative estimate of drug-likeness (QED) is 0.604. The predicted octanol–water partition coefficient (Wildman–Crippen LogP) is 2.37. The highest BCUT2D eigenvalue weighted by molar-refractivity contribution is 6.00. The average molecular weight is 423 g/mol. The maximum Gasteiger partial charge on any atom is 0.262 e. The number of nitrogens with zero attached hydrogens (tertiary/aromatic N) is 1. The van der Waals surface area contributed by atoms with Crippen LogP contribution in [0, 0.1) is 5.92 Å². The summed E-state index contributed by atoms with van der Waals surface area (Å²) in [5.41, 5.74) is 1.32. The molecule has 3 rings (SSSR count). The lowest BCUT2D eigenvalue weighted by Gasteiger charge is -2.17. The van der Waals surface area contributed by atoms with Crippen LogP contribution in [-0.2, 0) is 14.4 Å². The number of rotatable bonds is 9. The van der Waals surface area contributed by atoms with Crippen LogP contribution in [0.3, 0.4) is 0 Å². The van der Waals surface area contributed by atoms with Gasteiger partial charge in [0.25, 0.3) is 5.91 Å². The van der Waals surface area contributed by atoms with Gasteiger partial charge in [0.1, 0.15) is 11.5 Å². The molecule has 2 aromatic rings. The molecule has 31 heavy (non-hydrogen) atoms. The van der Waals surface area contributed by atoms with Gasteiger partial charge in [-0.05, 0) is 48.5 Å². The van der Waals surface area contributed by atoms with Crippen molar-refractivity contribution in [1.82, 2.24) is 5.32 Å². The molecular formula is C23H25N3O5. The zero-order valence-electron chi connectivity index (χ0n) is 17.3. The highest BCUT2D eigenvalue weighted by Crippen LogP contribution is 2.27. The third-order valence-electron chi connectivity index (χ3n) is 4.81. The van der Waals surface area contributed by atoms with Gasteiger partial charge in [0.05, 0.1) is 13.0 Å². The molecule has 162 valence electrons. The molecule has 3 amide bonds. The van der Waals surface area contributed by atoms with Gasteiger partial charge in [0, 0.05) is 30.9 Å². The van der Waals surface area contributed by atoms with Crippen LogP contribution in [0.15, 0.2) is 61.2 Å². The summed E-state index contributed by atoms with van der Waals surface area (Å²) >= 11 is 0. The number of nitrogens with one attached hydrogen (secondary N) is 2. The Morgan fingerprint density at radius 1 is 1.13 bits per heavy atom. The van der Waals surface area contributed by atoms with E-state index in [9.17, 15) is 14.4 Å². The van der Waals surface area contributed by atoms with Gasteiger partial charge in [0.15, 0.2) is 6.61 Å². The monoisotopic (exact) mass is 423 g/mol. The summed E-state index contributed by atoms with van der Waals surface area (Å²) in [6.45, 7) is 4.11. The number of anilines is 2. The largest absolute Gasteiger partial charge is 0.497 e. The normalized spacial score (nSPS) is 15.3. The van der Waals surface area contributed by atoms with Crippen molar-refractivity contribution >= 4 is 29.1 Å². The smallest absolute Gasteiger partial charge is 0.262 e. The number of benzene rings is 2. The minimum Gasteiger partial charge on any atom is -0.497 e. The molecule has 8 heteroatoms. The highest BCUT2D eigenvalue weighted by Gasteiger charge is 2.34. The van der Waals surface area contributed by atoms with E-state index in [1.807, 2.05) is 0 Å². The van der Waals surface area contributed by atoms with Gasteiger partial charge >= 0.3 is 0 Å². The summed E-state index contributed by atoms with van der Waals surface area (Å²) in [6, 6.07) is 13.8. The molecule has 0 aromatic heterocycles. The first-order valence-electron chi connectivity index (χ1n) is 9.86. The fourth-order valence-corrected chi connectivity index (χ4v) is 3.19. The second-order valence-corrected chi connectivity index (χ2v) is 7.00. The molecule has 0 radical (unpaired) electrons. The Morgan fingerprint density at radius 3 is 2.45 bits per heavy atom. The zero-order chi connectivity index (χ0) is 22.2. The van der Waals surface area contributed by atoms with Gasteiger partial charge in [0.2, 0.25) is 11.8 Å². The number of methoxy groups -OCH3 is 1. The minimum atomic E-state index is -0.384.